The number of hydrogen-bond acceptors (Lipinski definition) is 2. The molecular weight excluding hydrogens is 82.1 g/mol. The van der Waals surface area contributed by atoms with Gasteiger partial charge in [-0.15, -0.1) is 0 Å². The van der Waals surface area contributed by atoms with Crippen LogP contribution in [-0.4, -0.2) is 0 Å². The fraction of sp³-hybridized carbons (Fsp3) is 0.333. The van der Waals surface area contributed by atoms with Crippen LogP contribution < -0.4 is 0 Å². The highest BCUT2D eigenvalue weighted by Gasteiger charge is 1.44. The second kappa shape index (κ2) is 3.76. The molecule has 0 aliphatic carbocycles. The van der Waals surface area contributed by atoms with Gasteiger partial charge < -0.3 is 0 Å². The van der Waals surface area contributed by atoms with Gasteiger partial charge in [0.15, 0.2) is 0 Å². The van der Waals surface area contributed by atoms with Crippen molar-refractivity contribution in [2.45, 2.75) is 6.92 Å². The largest absolute Gasteiger partial charge is 0.190 e. The second-order valence-electron chi connectivity index (χ2n) is 0.588. The van der Waals surface area contributed by atoms with Crippen LogP contribution in [0.25, 0.3) is 0 Å². The Morgan fingerprint density at radius 2 is 2.40 bits per heavy atom. The predicted molar refractivity (Wildman–Crippen MR) is 24.6 cm³/mol. The van der Waals surface area contributed by atoms with Crippen LogP contribution in [0.5, 0.6) is 0 Å². The van der Waals surface area contributed by atoms with Crippen molar-refractivity contribution in [3.8, 4) is 0 Å². The van der Waals surface area contributed by atoms with Gasteiger partial charge in [-0.1, -0.05) is 6.08 Å². The van der Waals surface area contributed by atoms with Crippen molar-refractivity contribution in [2.24, 2.45) is 4.36 Å². The first kappa shape index (κ1) is 4.76. The number of allylic oxidation sites excluding steroid dienone is 1. The Hall–Kier alpha value is -0.240. The molecule has 5 heavy (non-hydrogen) atoms. The van der Waals surface area contributed by atoms with Gasteiger partial charge in [-0.05, 0) is 6.92 Å². The first-order valence-corrected chi connectivity index (χ1v) is 1.72. The molecule has 28 valence electrons. The Morgan fingerprint density at radius 1 is 1.80 bits per heavy atom. The van der Waals surface area contributed by atoms with Crippen LogP contribution in [0.1, 0.15) is 6.92 Å². The van der Waals surface area contributed by atoms with Crippen LogP contribution in [0.3, 0.4) is 0 Å². The third-order valence-electron chi connectivity index (χ3n) is 0.210. The van der Waals surface area contributed by atoms with Gasteiger partial charge in [-0.2, -0.15) is 4.36 Å². The lowest BCUT2D eigenvalue weighted by atomic mass is 10.7. The summed E-state index contributed by atoms with van der Waals surface area (Å²) in [6.07, 6.45) is 3.35. The topological polar surface area (TPSA) is 12.4 Å². The third-order valence-corrected chi connectivity index (χ3v) is 0.332. The fourth-order valence-corrected chi connectivity index (χ4v) is 0.183. The van der Waals surface area contributed by atoms with Gasteiger partial charge in [0.1, 0.15) is 0 Å². The average Bonchev–Trinajstić information content (AvgIpc) is 1.41. The summed E-state index contributed by atoms with van der Waals surface area (Å²) in [5.74, 6) is 0. The van der Waals surface area contributed by atoms with Crippen LogP contribution in [0.4, 0.5) is 0 Å². The minimum atomic E-state index is 1.56. The van der Waals surface area contributed by atoms with Gasteiger partial charge in [-0.25, -0.2) is 0 Å². The van der Waals surface area contributed by atoms with Crippen molar-refractivity contribution in [2.75, 3.05) is 0 Å². The van der Waals surface area contributed by atoms with Crippen LogP contribution in [0, 0.1) is 0 Å². The van der Waals surface area contributed by atoms with Crippen molar-refractivity contribution >= 4 is 12.4 Å². The molecule has 0 aliphatic heterocycles. The summed E-state index contributed by atoms with van der Waals surface area (Å²) in [6.45, 7) is 1.87. The lowest BCUT2D eigenvalue weighted by Gasteiger charge is -1.54. The van der Waals surface area contributed by atoms with Gasteiger partial charge in [-0.3, -0.25) is 0 Å². The lowest BCUT2D eigenvalue weighted by Crippen LogP contribution is -1.33. The molecule has 0 aliphatic rings. The molecule has 0 rings (SSSR count). The van der Waals surface area contributed by atoms with Gasteiger partial charge in [0.05, 0.1) is 0 Å². The molecule has 0 bridgehead atoms. The molecular formula is C3H5NS. The molecule has 0 amide bonds. The maximum Gasteiger partial charge on any atom is 0.0410 e. The standard InChI is InChI=1S/C3H5NS/c1-2-3-4-5/h2-3H,1H3. The fourth-order valence-electron chi connectivity index (χ4n) is 0.0609. The van der Waals surface area contributed by atoms with Crippen molar-refractivity contribution in [3.05, 3.63) is 12.3 Å². The summed E-state index contributed by atoms with van der Waals surface area (Å²) in [6, 6.07) is 0. The van der Waals surface area contributed by atoms with Crippen LogP contribution >= 0.6 is 0 Å². The van der Waals surface area contributed by atoms with E-state index in [1.165, 1.54) is 0 Å². The SMILES string of the molecule is CC=CN=S. The zero-order chi connectivity index (χ0) is 4.12. The number of rotatable bonds is 1. The van der Waals surface area contributed by atoms with Crippen LogP contribution in [0.15, 0.2) is 16.6 Å². The molecule has 0 aromatic rings. The molecule has 0 atom stereocenters. The van der Waals surface area contributed by atoms with E-state index in [9.17, 15) is 0 Å². The lowest BCUT2D eigenvalue weighted by molar-refractivity contribution is 1.59. The maximum atomic E-state index is 4.19. The smallest absolute Gasteiger partial charge is 0.0410 e. The van der Waals surface area contributed by atoms with E-state index < -0.39 is 0 Å². The van der Waals surface area contributed by atoms with E-state index in [-0.39, 0.29) is 0 Å². The Bertz CT molecular complexity index is 48.9. The van der Waals surface area contributed by atoms with Crippen molar-refractivity contribution in [1.29, 1.82) is 0 Å². The first-order chi connectivity index (χ1) is 2.41. The molecule has 0 radical (unpaired) electrons. The summed E-state index contributed by atoms with van der Waals surface area (Å²) in [4.78, 5) is 0. The molecule has 0 aromatic carbocycles. The molecule has 0 spiro atoms. The first-order valence-electron chi connectivity index (χ1n) is 1.35. The third kappa shape index (κ3) is 3.76. The predicted octanol–water partition coefficient (Wildman–Crippen LogP) is 1.25. The zero-order valence-corrected chi connectivity index (χ0v) is 3.83. The van der Waals surface area contributed by atoms with E-state index >= 15 is 0 Å². The number of hydrogen-bond donors (Lipinski definition) is 0. The Morgan fingerprint density at radius 3 is 2.40 bits per heavy atom. The Kier molecular flexibility index (Phi) is 3.58. The molecule has 0 saturated heterocycles. The highest BCUT2D eigenvalue weighted by atomic mass is 32.1. The quantitative estimate of drug-likeness (QED) is 0.469. The van der Waals surface area contributed by atoms with Gasteiger partial charge in [0, 0.05) is 18.6 Å². The van der Waals surface area contributed by atoms with E-state index in [2.05, 4.69) is 16.8 Å². The summed E-state index contributed by atoms with van der Waals surface area (Å²) < 4.78 is 3.26. The minimum Gasteiger partial charge on any atom is -0.190 e. The molecule has 0 aromatic heterocycles. The Labute approximate surface area is 36.9 Å². The summed E-state index contributed by atoms with van der Waals surface area (Å²) in [5, 5.41) is 0. The molecule has 0 fully saturated rings. The highest BCUT2D eigenvalue weighted by molar-refractivity contribution is 7.47. The van der Waals surface area contributed by atoms with E-state index in [0.717, 1.165) is 0 Å². The van der Waals surface area contributed by atoms with Crippen molar-refractivity contribution in [3.63, 3.8) is 0 Å². The maximum absolute atomic E-state index is 4.19. The number of nitrogens with zero attached hydrogens (tertiary/aromatic N) is 1. The normalized spacial score (nSPS) is 9.00. The molecule has 0 N–H and O–H groups in total. The van der Waals surface area contributed by atoms with E-state index in [1.54, 1.807) is 12.3 Å². The summed E-state index contributed by atoms with van der Waals surface area (Å²) >= 11 is 4.19. The van der Waals surface area contributed by atoms with E-state index in [1.807, 2.05) is 6.92 Å². The van der Waals surface area contributed by atoms with Crippen LogP contribution in [-0.2, 0) is 12.4 Å². The van der Waals surface area contributed by atoms with Crippen LogP contribution in [0.2, 0.25) is 0 Å². The summed E-state index contributed by atoms with van der Waals surface area (Å²) in [5.41, 5.74) is 0. The monoisotopic (exact) mass is 87.0 g/mol. The molecule has 0 saturated carbocycles. The average molecular weight is 87.1 g/mol. The second-order valence-corrected chi connectivity index (χ2v) is 0.799. The zero-order valence-electron chi connectivity index (χ0n) is 3.01. The van der Waals surface area contributed by atoms with Gasteiger partial charge in [0.2, 0.25) is 0 Å². The van der Waals surface area contributed by atoms with E-state index in [0.29, 0.717) is 0 Å². The van der Waals surface area contributed by atoms with Crippen molar-refractivity contribution < 1.29 is 0 Å². The highest BCUT2D eigenvalue weighted by Crippen LogP contribution is 1.64. The van der Waals surface area contributed by atoms with Gasteiger partial charge >= 0.3 is 0 Å². The minimum absolute atomic E-state index is 1.56. The molecule has 0 heterocycles. The molecule has 0 unspecified atom stereocenters. The summed E-state index contributed by atoms with van der Waals surface area (Å²) in [7, 11) is 0. The molecule has 1 nitrogen and oxygen atoms in total. The Balaban J connectivity index is 2.92. The van der Waals surface area contributed by atoms with Crippen molar-refractivity contribution in [1.82, 2.24) is 0 Å². The van der Waals surface area contributed by atoms with E-state index in [4.69, 9.17) is 0 Å². The van der Waals surface area contributed by atoms with Gasteiger partial charge in [0.25, 0.3) is 0 Å². The molecule has 2 heteroatoms.